The molecule has 0 aromatic heterocycles. The minimum absolute atomic E-state index is 0. The van der Waals surface area contributed by atoms with Crippen molar-refractivity contribution in [3.05, 3.63) is 0 Å². The maximum atomic E-state index is 11.7. The Labute approximate surface area is 108 Å². The van der Waals surface area contributed by atoms with Crippen LogP contribution in [-0.4, -0.2) is 36.5 Å². The van der Waals surface area contributed by atoms with Gasteiger partial charge in [-0.3, -0.25) is 4.79 Å². The van der Waals surface area contributed by atoms with E-state index in [1.807, 2.05) is 11.8 Å². The summed E-state index contributed by atoms with van der Waals surface area (Å²) in [5.41, 5.74) is 0. The second-order valence-electron chi connectivity index (χ2n) is 4.45. The second-order valence-corrected chi connectivity index (χ2v) is 5.67. The number of hydrogen-bond acceptors (Lipinski definition) is 3. The van der Waals surface area contributed by atoms with Gasteiger partial charge in [-0.15, -0.1) is 12.4 Å². The first-order chi connectivity index (χ1) is 7.36. The average Bonchev–Trinajstić information content (AvgIpc) is 2.81. The minimum atomic E-state index is 0. The zero-order valence-corrected chi connectivity index (χ0v) is 11.2. The van der Waals surface area contributed by atoms with Crippen LogP contribution >= 0.6 is 24.2 Å². The van der Waals surface area contributed by atoms with E-state index in [2.05, 4.69) is 10.6 Å². The molecule has 0 aromatic carbocycles. The van der Waals surface area contributed by atoms with Gasteiger partial charge in [0.2, 0.25) is 5.91 Å². The average molecular weight is 265 g/mol. The van der Waals surface area contributed by atoms with Gasteiger partial charge >= 0.3 is 0 Å². The highest BCUT2D eigenvalue weighted by Crippen LogP contribution is 2.21. The predicted octanol–water partition coefficient (Wildman–Crippen LogP) is 1.42. The summed E-state index contributed by atoms with van der Waals surface area (Å²) in [5, 5.41) is 6.31. The van der Waals surface area contributed by atoms with Crippen molar-refractivity contribution in [2.75, 3.05) is 24.6 Å². The highest BCUT2D eigenvalue weighted by molar-refractivity contribution is 7.99. The SMILES string of the molecule is Cl.O=C(NCC1CCSCC1)C1CCCN1. The highest BCUT2D eigenvalue weighted by atomic mass is 35.5. The normalized spacial score (nSPS) is 26.1. The number of carbonyl (C=O) groups excluding carboxylic acids is 1. The van der Waals surface area contributed by atoms with Crippen LogP contribution in [0.4, 0.5) is 0 Å². The molecule has 3 nitrogen and oxygen atoms in total. The van der Waals surface area contributed by atoms with Crippen LogP contribution in [0.1, 0.15) is 25.7 Å². The third-order valence-corrected chi connectivity index (χ3v) is 4.33. The molecule has 0 aromatic rings. The van der Waals surface area contributed by atoms with Crippen molar-refractivity contribution in [3.63, 3.8) is 0 Å². The summed E-state index contributed by atoms with van der Waals surface area (Å²) in [4.78, 5) is 11.7. The summed E-state index contributed by atoms with van der Waals surface area (Å²) in [6, 6.07) is 0.0861. The first-order valence-electron chi connectivity index (χ1n) is 5.95. The standard InChI is InChI=1S/C11H20N2OS.ClH/c14-11(10-2-1-5-12-10)13-8-9-3-6-15-7-4-9;/h9-10,12H,1-8H2,(H,13,14);1H. The number of amides is 1. The van der Waals surface area contributed by atoms with Gasteiger partial charge in [-0.25, -0.2) is 0 Å². The Bertz CT molecular complexity index is 216. The van der Waals surface area contributed by atoms with Gasteiger partial charge in [0.15, 0.2) is 0 Å². The van der Waals surface area contributed by atoms with E-state index in [1.165, 1.54) is 24.3 Å². The Balaban J connectivity index is 0.00000128. The van der Waals surface area contributed by atoms with Crippen LogP contribution in [0.15, 0.2) is 0 Å². The van der Waals surface area contributed by atoms with Crippen LogP contribution in [0.2, 0.25) is 0 Å². The van der Waals surface area contributed by atoms with Gasteiger partial charge in [-0.05, 0) is 49.7 Å². The summed E-state index contributed by atoms with van der Waals surface area (Å²) in [5.74, 6) is 3.46. The number of carbonyl (C=O) groups is 1. The smallest absolute Gasteiger partial charge is 0.237 e. The summed E-state index contributed by atoms with van der Waals surface area (Å²) < 4.78 is 0. The van der Waals surface area contributed by atoms with Crippen LogP contribution in [0, 0.1) is 5.92 Å². The van der Waals surface area contributed by atoms with E-state index in [9.17, 15) is 4.79 Å². The van der Waals surface area contributed by atoms with E-state index in [0.29, 0.717) is 0 Å². The van der Waals surface area contributed by atoms with Gasteiger partial charge in [-0.2, -0.15) is 11.8 Å². The molecule has 0 bridgehead atoms. The number of hydrogen-bond donors (Lipinski definition) is 2. The lowest BCUT2D eigenvalue weighted by atomic mass is 10.0. The summed E-state index contributed by atoms with van der Waals surface area (Å²) in [7, 11) is 0. The van der Waals surface area contributed by atoms with Crippen LogP contribution in [0.5, 0.6) is 0 Å². The summed E-state index contributed by atoms with van der Waals surface area (Å²) >= 11 is 2.03. The van der Waals surface area contributed by atoms with Crippen LogP contribution in [0.3, 0.4) is 0 Å². The van der Waals surface area contributed by atoms with Gasteiger partial charge in [-0.1, -0.05) is 0 Å². The number of thioether (sulfide) groups is 1. The van der Waals surface area contributed by atoms with Crippen molar-refractivity contribution < 1.29 is 4.79 Å². The Morgan fingerprint density at radius 3 is 2.69 bits per heavy atom. The molecule has 0 radical (unpaired) electrons. The van der Waals surface area contributed by atoms with Gasteiger partial charge in [0.05, 0.1) is 6.04 Å². The lowest BCUT2D eigenvalue weighted by Crippen LogP contribution is -2.42. The molecule has 16 heavy (non-hydrogen) atoms. The lowest BCUT2D eigenvalue weighted by Gasteiger charge is -2.22. The van der Waals surface area contributed by atoms with Gasteiger partial charge < -0.3 is 10.6 Å². The second kappa shape index (κ2) is 7.41. The molecule has 0 saturated carbocycles. The Morgan fingerprint density at radius 2 is 2.06 bits per heavy atom. The molecular formula is C11H21ClN2OS. The van der Waals surface area contributed by atoms with Crippen molar-refractivity contribution in [3.8, 4) is 0 Å². The zero-order valence-electron chi connectivity index (χ0n) is 9.54. The highest BCUT2D eigenvalue weighted by Gasteiger charge is 2.22. The van der Waals surface area contributed by atoms with E-state index in [4.69, 9.17) is 0 Å². The molecule has 1 atom stereocenters. The molecule has 2 N–H and O–H groups in total. The quantitative estimate of drug-likeness (QED) is 0.810. The molecule has 2 rings (SSSR count). The van der Waals surface area contributed by atoms with E-state index in [-0.39, 0.29) is 24.4 Å². The molecule has 5 heteroatoms. The monoisotopic (exact) mass is 264 g/mol. The minimum Gasteiger partial charge on any atom is -0.354 e. The largest absolute Gasteiger partial charge is 0.354 e. The molecule has 1 unspecified atom stereocenters. The van der Waals surface area contributed by atoms with E-state index in [1.54, 1.807) is 0 Å². The lowest BCUT2D eigenvalue weighted by molar-refractivity contribution is -0.122. The van der Waals surface area contributed by atoms with E-state index < -0.39 is 0 Å². The van der Waals surface area contributed by atoms with Crippen molar-refractivity contribution in [2.45, 2.75) is 31.7 Å². The van der Waals surface area contributed by atoms with E-state index >= 15 is 0 Å². The van der Waals surface area contributed by atoms with Crippen LogP contribution in [0.25, 0.3) is 0 Å². The fraction of sp³-hybridized carbons (Fsp3) is 0.909. The first-order valence-corrected chi connectivity index (χ1v) is 7.10. The third-order valence-electron chi connectivity index (χ3n) is 3.28. The molecule has 2 saturated heterocycles. The predicted molar refractivity (Wildman–Crippen MR) is 71.3 cm³/mol. The molecule has 2 aliphatic rings. The maximum absolute atomic E-state index is 11.7. The first kappa shape index (κ1) is 14.1. The third kappa shape index (κ3) is 4.15. The Kier molecular flexibility index (Phi) is 6.54. The number of nitrogens with one attached hydrogen (secondary N) is 2. The molecule has 0 spiro atoms. The van der Waals surface area contributed by atoms with Crippen molar-refractivity contribution in [1.82, 2.24) is 10.6 Å². The number of halogens is 1. The van der Waals surface area contributed by atoms with Gasteiger partial charge in [0.1, 0.15) is 0 Å². The fourth-order valence-electron chi connectivity index (χ4n) is 2.23. The number of rotatable bonds is 3. The van der Waals surface area contributed by atoms with E-state index in [0.717, 1.165) is 31.8 Å². The molecule has 0 aliphatic carbocycles. The van der Waals surface area contributed by atoms with Crippen LogP contribution in [-0.2, 0) is 4.79 Å². The maximum Gasteiger partial charge on any atom is 0.237 e. The molecule has 1 amide bonds. The topological polar surface area (TPSA) is 41.1 Å². The Morgan fingerprint density at radius 1 is 1.31 bits per heavy atom. The molecule has 94 valence electrons. The van der Waals surface area contributed by atoms with Crippen molar-refractivity contribution in [2.24, 2.45) is 5.92 Å². The molecule has 2 aliphatic heterocycles. The van der Waals surface area contributed by atoms with Crippen molar-refractivity contribution in [1.29, 1.82) is 0 Å². The van der Waals surface area contributed by atoms with Gasteiger partial charge in [0.25, 0.3) is 0 Å². The Hall–Kier alpha value is 0.0700. The van der Waals surface area contributed by atoms with Crippen LogP contribution < -0.4 is 10.6 Å². The molecule has 2 heterocycles. The fourth-order valence-corrected chi connectivity index (χ4v) is 3.43. The zero-order chi connectivity index (χ0) is 10.5. The summed E-state index contributed by atoms with van der Waals surface area (Å²) in [6.07, 6.45) is 4.68. The van der Waals surface area contributed by atoms with Gasteiger partial charge in [0, 0.05) is 6.54 Å². The summed E-state index contributed by atoms with van der Waals surface area (Å²) in [6.45, 7) is 1.88. The molecular weight excluding hydrogens is 244 g/mol. The molecule has 2 fully saturated rings. The van der Waals surface area contributed by atoms with Crippen molar-refractivity contribution >= 4 is 30.1 Å².